The smallest absolute Gasteiger partial charge is 0.136 e. The molecule has 1 aromatic carbocycles. The molecule has 1 aliphatic heterocycles. The SMILES string of the molecule is Brc1cccc2c1OCC[CH]2. The molecule has 0 saturated heterocycles. The maximum absolute atomic E-state index is 5.48. The summed E-state index contributed by atoms with van der Waals surface area (Å²) in [6, 6.07) is 6.09. The van der Waals surface area contributed by atoms with Crippen molar-refractivity contribution in [1.82, 2.24) is 0 Å². The number of benzene rings is 1. The highest BCUT2D eigenvalue weighted by Crippen LogP contribution is 2.33. The van der Waals surface area contributed by atoms with E-state index >= 15 is 0 Å². The van der Waals surface area contributed by atoms with Crippen molar-refractivity contribution in [2.75, 3.05) is 6.61 Å². The van der Waals surface area contributed by atoms with Crippen LogP contribution in [0, 0.1) is 6.42 Å². The first kappa shape index (κ1) is 7.17. The highest BCUT2D eigenvalue weighted by atomic mass is 79.9. The number of fused-ring (bicyclic) bond motifs is 1. The molecule has 0 bridgehead atoms. The van der Waals surface area contributed by atoms with Crippen molar-refractivity contribution < 1.29 is 4.74 Å². The summed E-state index contributed by atoms with van der Waals surface area (Å²) in [6.45, 7) is 0.801. The lowest BCUT2D eigenvalue weighted by Crippen LogP contribution is -2.06. The molecule has 0 saturated carbocycles. The second-order valence-corrected chi connectivity index (χ2v) is 3.35. The topological polar surface area (TPSA) is 9.23 Å². The minimum atomic E-state index is 0.801. The van der Waals surface area contributed by atoms with Crippen LogP contribution < -0.4 is 4.74 Å². The van der Waals surface area contributed by atoms with Gasteiger partial charge in [-0.05, 0) is 40.4 Å². The van der Waals surface area contributed by atoms with Gasteiger partial charge in [0.05, 0.1) is 11.1 Å². The molecule has 57 valence electrons. The third-order valence-corrected chi connectivity index (χ3v) is 2.35. The van der Waals surface area contributed by atoms with Gasteiger partial charge in [0.25, 0.3) is 0 Å². The quantitative estimate of drug-likeness (QED) is 0.642. The Morgan fingerprint density at radius 1 is 1.36 bits per heavy atom. The molecule has 0 aliphatic carbocycles. The number of para-hydroxylation sites is 1. The molecule has 0 spiro atoms. The maximum atomic E-state index is 5.48. The zero-order valence-corrected chi connectivity index (χ0v) is 7.60. The van der Waals surface area contributed by atoms with E-state index in [-0.39, 0.29) is 0 Å². The van der Waals surface area contributed by atoms with Gasteiger partial charge in [0.2, 0.25) is 0 Å². The molecular formula is C9H8BrO. The molecule has 2 heteroatoms. The first-order valence-electron chi connectivity index (χ1n) is 3.62. The molecular weight excluding hydrogens is 204 g/mol. The zero-order chi connectivity index (χ0) is 7.68. The van der Waals surface area contributed by atoms with Gasteiger partial charge in [-0.2, -0.15) is 0 Å². The Labute approximate surface area is 74.5 Å². The Kier molecular flexibility index (Phi) is 1.86. The summed E-state index contributed by atoms with van der Waals surface area (Å²) in [5.74, 6) is 0.985. The number of hydrogen-bond donors (Lipinski definition) is 0. The lowest BCUT2D eigenvalue weighted by molar-refractivity contribution is 0.304. The average Bonchev–Trinajstić information content (AvgIpc) is 2.06. The highest BCUT2D eigenvalue weighted by molar-refractivity contribution is 9.10. The van der Waals surface area contributed by atoms with Gasteiger partial charge in [-0.3, -0.25) is 0 Å². The normalized spacial score (nSPS) is 15.4. The zero-order valence-electron chi connectivity index (χ0n) is 6.01. The minimum Gasteiger partial charge on any atom is -0.492 e. The van der Waals surface area contributed by atoms with Crippen LogP contribution in [-0.2, 0) is 0 Å². The van der Waals surface area contributed by atoms with Crippen molar-refractivity contribution >= 4 is 15.9 Å². The van der Waals surface area contributed by atoms with E-state index in [0.29, 0.717) is 0 Å². The van der Waals surface area contributed by atoms with Gasteiger partial charge in [-0.1, -0.05) is 12.1 Å². The second kappa shape index (κ2) is 2.86. The van der Waals surface area contributed by atoms with E-state index in [2.05, 4.69) is 28.4 Å². The Hall–Kier alpha value is -0.500. The van der Waals surface area contributed by atoms with Gasteiger partial charge in [0.15, 0.2) is 0 Å². The first-order valence-corrected chi connectivity index (χ1v) is 4.42. The lowest BCUT2D eigenvalue weighted by Gasteiger charge is -2.17. The fourth-order valence-electron chi connectivity index (χ4n) is 1.21. The fraction of sp³-hybridized carbons (Fsp3) is 0.222. The summed E-state index contributed by atoms with van der Waals surface area (Å²) in [6.07, 6.45) is 3.22. The number of ether oxygens (including phenoxy) is 1. The second-order valence-electron chi connectivity index (χ2n) is 2.50. The number of rotatable bonds is 0. The van der Waals surface area contributed by atoms with Crippen LogP contribution in [0.15, 0.2) is 22.7 Å². The van der Waals surface area contributed by atoms with Crippen LogP contribution in [0.25, 0.3) is 0 Å². The molecule has 0 amide bonds. The van der Waals surface area contributed by atoms with E-state index in [0.717, 1.165) is 23.2 Å². The fourth-order valence-corrected chi connectivity index (χ4v) is 1.71. The average molecular weight is 212 g/mol. The van der Waals surface area contributed by atoms with E-state index in [1.165, 1.54) is 5.56 Å². The molecule has 1 aromatic rings. The van der Waals surface area contributed by atoms with E-state index < -0.39 is 0 Å². The highest BCUT2D eigenvalue weighted by Gasteiger charge is 2.11. The molecule has 11 heavy (non-hydrogen) atoms. The van der Waals surface area contributed by atoms with Gasteiger partial charge in [-0.25, -0.2) is 0 Å². The summed E-state index contributed by atoms with van der Waals surface area (Å²) in [5, 5.41) is 0. The Morgan fingerprint density at radius 3 is 3.09 bits per heavy atom. The summed E-state index contributed by atoms with van der Waals surface area (Å²) in [7, 11) is 0. The minimum absolute atomic E-state index is 0.801. The van der Waals surface area contributed by atoms with Gasteiger partial charge >= 0.3 is 0 Å². The molecule has 2 rings (SSSR count). The maximum Gasteiger partial charge on any atom is 0.136 e. The molecule has 1 heterocycles. The van der Waals surface area contributed by atoms with Gasteiger partial charge in [-0.15, -0.1) is 0 Å². The monoisotopic (exact) mass is 211 g/mol. The Balaban J connectivity index is 2.49. The molecule has 0 fully saturated rings. The summed E-state index contributed by atoms with van der Waals surface area (Å²) in [5.41, 5.74) is 1.20. The van der Waals surface area contributed by atoms with Crippen molar-refractivity contribution in [2.45, 2.75) is 6.42 Å². The Morgan fingerprint density at radius 2 is 2.27 bits per heavy atom. The molecule has 0 aromatic heterocycles. The third kappa shape index (κ3) is 1.27. The van der Waals surface area contributed by atoms with E-state index in [4.69, 9.17) is 4.74 Å². The standard InChI is InChI=1S/C9H8BrO/c10-8-5-1-3-7-4-2-6-11-9(7)8/h1,3-5H,2,6H2. The van der Waals surface area contributed by atoms with Crippen molar-refractivity contribution in [3.63, 3.8) is 0 Å². The van der Waals surface area contributed by atoms with Crippen molar-refractivity contribution in [3.05, 3.63) is 34.7 Å². The van der Waals surface area contributed by atoms with Crippen molar-refractivity contribution in [2.24, 2.45) is 0 Å². The summed E-state index contributed by atoms with van der Waals surface area (Å²) >= 11 is 3.44. The summed E-state index contributed by atoms with van der Waals surface area (Å²) < 4.78 is 6.52. The first-order chi connectivity index (χ1) is 5.38. The third-order valence-electron chi connectivity index (χ3n) is 1.73. The molecule has 0 N–H and O–H groups in total. The van der Waals surface area contributed by atoms with Crippen LogP contribution in [0.5, 0.6) is 5.75 Å². The molecule has 1 nitrogen and oxygen atoms in total. The van der Waals surface area contributed by atoms with Crippen LogP contribution in [-0.4, -0.2) is 6.61 Å². The predicted molar refractivity (Wildman–Crippen MR) is 47.7 cm³/mol. The number of halogens is 1. The van der Waals surface area contributed by atoms with Gasteiger partial charge in [0, 0.05) is 0 Å². The van der Waals surface area contributed by atoms with Crippen LogP contribution in [0.4, 0.5) is 0 Å². The van der Waals surface area contributed by atoms with E-state index in [1.54, 1.807) is 0 Å². The molecule has 0 unspecified atom stereocenters. The summed E-state index contributed by atoms with van der Waals surface area (Å²) in [4.78, 5) is 0. The Bertz CT molecular complexity index is 270. The lowest BCUT2D eigenvalue weighted by atomic mass is 10.1. The molecule has 0 atom stereocenters. The van der Waals surface area contributed by atoms with Gasteiger partial charge in [0.1, 0.15) is 5.75 Å². The number of hydrogen-bond acceptors (Lipinski definition) is 1. The molecule has 1 radical (unpaired) electrons. The van der Waals surface area contributed by atoms with Crippen molar-refractivity contribution in [3.8, 4) is 5.75 Å². The van der Waals surface area contributed by atoms with E-state index in [1.807, 2.05) is 12.1 Å². The van der Waals surface area contributed by atoms with Crippen LogP contribution in [0.2, 0.25) is 0 Å². The van der Waals surface area contributed by atoms with Crippen LogP contribution in [0.1, 0.15) is 12.0 Å². The predicted octanol–water partition coefficient (Wildman–Crippen LogP) is 2.78. The van der Waals surface area contributed by atoms with Crippen LogP contribution >= 0.6 is 15.9 Å². The van der Waals surface area contributed by atoms with Gasteiger partial charge < -0.3 is 4.74 Å². The molecule has 1 aliphatic rings. The largest absolute Gasteiger partial charge is 0.492 e. The van der Waals surface area contributed by atoms with Crippen LogP contribution in [0.3, 0.4) is 0 Å². The van der Waals surface area contributed by atoms with Crippen molar-refractivity contribution in [1.29, 1.82) is 0 Å². The van der Waals surface area contributed by atoms with E-state index in [9.17, 15) is 0 Å².